The summed E-state index contributed by atoms with van der Waals surface area (Å²) < 4.78 is 2.03. The van der Waals surface area contributed by atoms with E-state index in [2.05, 4.69) is 79.3 Å². The summed E-state index contributed by atoms with van der Waals surface area (Å²) >= 11 is 0. The lowest BCUT2D eigenvalue weighted by Gasteiger charge is -2.27. The quantitative estimate of drug-likeness (QED) is 0.499. The number of pyridine rings is 2. The number of aliphatic hydroxyl groups is 1. The molecule has 3 aromatic heterocycles. The molecule has 5 rings (SSSR count). The second kappa shape index (κ2) is 7.87. The van der Waals surface area contributed by atoms with Gasteiger partial charge in [0.05, 0.1) is 17.7 Å². The Hall–Kier alpha value is -2.87. The van der Waals surface area contributed by atoms with Gasteiger partial charge in [0.2, 0.25) is 0 Å². The molecule has 0 saturated carbocycles. The molecule has 1 aromatic carbocycles. The molecule has 2 atom stereocenters. The summed E-state index contributed by atoms with van der Waals surface area (Å²) in [5.74, 6) is 0.731. The Bertz CT molecular complexity index is 1320. The fourth-order valence-corrected chi connectivity index (χ4v) is 4.81. The number of rotatable bonds is 4. The van der Waals surface area contributed by atoms with E-state index in [1.807, 2.05) is 16.5 Å². The van der Waals surface area contributed by atoms with Gasteiger partial charge in [0.25, 0.3) is 0 Å². The number of para-hydroxylation sites is 1. The number of hydrogen-bond donors (Lipinski definition) is 2. The predicted octanol–water partition coefficient (Wildman–Crippen LogP) is 3.70. The molecule has 1 fully saturated rings. The third-order valence-corrected chi connectivity index (χ3v) is 6.94. The van der Waals surface area contributed by atoms with Crippen LogP contribution in [0.2, 0.25) is 0 Å². The SMILES string of the molecule is C[C@@H](c1ccc2nnc(-c3ccc4cccc(C(C)(C)C)c4n3)n2c1)N1CC[C@](N)(CO)C1. The van der Waals surface area contributed by atoms with Gasteiger partial charge in [-0.2, -0.15) is 0 Å². The van der Waals surface area contributed by atoms with Crippen LogP contribution in [-0.4, -0.2) is 54.8 Å². The molecule has 0 bridgehead atoms. The second-order valence-electron chi connectivity index (χ2n) is 10.5. The Kier molecular flexibility index (Phi) is 5.23. The third kappa shape index (κ3) is 3.90. The summed E-state index contributed by atoms with van der Waals surface area (Å²) in [6, 6.07) is 14.7. The lowest BCUT2D eigenvalue weighted by atomic mass is 9.85. The van der Waals surface area contributed by atoms with Crippen molar-refractivity contribution >= 4 is 16.6 Å². The average molecular weight is 445 g/mol. The Morgan fingerprint density at radius 1 is 1.12 bits per heavy atom. The zero-order valence-electron chi connectivity index (χ0n) is 19.8. The number of fused-ring (bicyclic) bond motifs is 2. The lowest BCUT2D eigenvalue weighted by Crippen LogP contribution is -2.46. The van der Waals surface area contributed by atoms with E-state index in [1.54, 1.807) is 0 Å². The first-order chi connectivity index (χ1) is 15.7. The van der Waals surface area contributed by atoms with Crippen LogP contribution in [0.4, 0.5) is 0 Å². The van der Waals surface area contributed by atoms with Crippen LogP contribution in [0.25, 0.3) is 28.1 Å². The molecular formula is C26H32N6O. The van der Waals surface area contributed by atoms with Gasteiger partial charge in [-0.3, -0.25) is 9.30 Å². The van der Waals surface area contributed by atoms with Crippen molar-refractivity contribution in [2.45, 2.75) is 51.1 Å². The zero-order valence-corrected chi connectivity index (χ0v) is 19.8. The van der Waals surface area contributed by atoms with Crippen molar-refractivity contribution in [3.8, 4) is 11.5 Å². The van der Waals surface area contributed by atoms with Crippen LogP contribution in [0.1, 0.15) is 51.3 Å². The fraction of sp³-hybridized carbons (Fsp3) is 0.423. The van der Waals surface area contributed by atoms with Crippen molar-refractivity contribution < 1.29 is 5.11 Å². The van der Waals surface area contributed by atoms with E-state index < -0.39 is 5.54 Å². The van der Waals surface area contributed by atoms with Gasteiger partial charge in [0, 0.05) is 30.7 Å². The van der Waals surface area contributed by atoms with Gasteiger partial charge in [-0.05, 0) is 42.0 Å². The molecule has 7 nitrogen and oxygen atoms in total. The van der Waals surface area contributed by atoms with Crippen molar-refractivity contribution in [1.29, 1.82) is 0 Å². The fourth-order valence-electron chi connectivity index (χ4n) is 4.81. The molecule has 172 valence electrons. The Labute approximate surface area is 194 Å². The summed E-state index contributed by atoms with van der Waals surface area (Å²) in [5, 5.41) is 19.6. The van der Waals surface area contributed by atoms with Crippen molar-refractivity contribution in [3.05, 3.63) is 59.8 Å². The number of nitrogens with two attached hydrogens (primary N) is 1. The molecular weight excluding hydrogens is 412 g/mol. The highest BCUT2D eigenvalue weighted by Gasteiger charge is 2.36. The highest BCUT2D eigenvalue weighted by Crippen LogP contribution is 2.32. The van der Waals surface area contributed by atoms with Gasteiger partial charge in [0.1, 0.15) is 5.69 Å². The number of aromatic nitrogens is 4. The topological polar surface area (TPSA) is 92.6 Å². The van der Waals surface area contributed by atoms with Crippen LogP contribution in [-0.2, 0) is 5.41 Å². The first-order valence-corrected chi connectivity index (χ1v) is 11.6. The second-order valence-corrected chi connectivity index (χ2v) is 10.5. The van der Waals surface area contributed by atoms with Gasteiger partial charge in [0.15, 0.2) is 11.5 Å². The molecule has 0 spiro atoms. The Balaban J connectivity index is 1.55. The van der Waals surface area contributed by atoms with Crippen molar-refractivity contribution in [3.63, 3.8) is 0 Å². The van der Waals surface area contributed by atoms with Gasteiger partial charge in [-0.15, -0.1) is 10.2 Å². The van der Waals surface area contributed by atoms with Crippen molar-refractivity contribution in [2.24, 2.45) is 5.73 Å². The minimum absolute atomic E-state index is 0.00896. The van der Waals surface area contributed by atoms with Crippen molar-refractivity contribution in [2.75, 3.05) is 19.7 Å². The summed E-state index contributed by atoms with van der Waals surface area (Å²) in [5.41, 5.74) is 10.7. The minimum atomic E-state index is -0.514. The number of hydrogen-bond acceptors (Lipinski definition) is 6. The maximum Gasteiger partial charge on any atom is 0.187 e. The van der Waals surface area contributed by atoms with Crippen LogP contribution in [0.3, 0.4) is 0 Å². The Morgan fingerprint density at radius 2 is 1.94 bits per heavy atom. The molecule has 0 unspecified atom stereocenters. The monoisotopic (exact) mass is 444 g/mol. The molecule has 0 aliphatic carbocycles. The molecule has 33 heavy (non-hydrogen) atoms. The first-order valence-electron chi connectivity index (χ1n) is 11.6. The largest absolute Gasteiger partial charge is 0.394 e. The van der Waals surface area contributed by atoms with E-state index in [4.69, 9.17) is 10.7 Å². The van der Waals surface area contributed by atoms with E-state index in [9.17, 15) is 5.11 Å². The van der Waals surface area contributed by atoms with E-state index in [1.165, 1.54) is 5.56 Å². The molecule has 1 aliphatic heterocycles. The molecule has 7 heteroatoms. The highest BCUT2D eigenvalue weighted by atomic mass is 16.3. The first kappa shape index (κ1) is 21.9. The molecule has 4 heterocycles. The maximum absolute atomic E-state index is 9.64. The van der Waals surface area contributed by atoms with Crippen LogP contribution in [0, 0.1) is 0 Å². The van der Waals surface area contributed by atoms with Crippen LogP contribution in [0.15, 0.2) is 48.7 Å². The standard InChI is InChI=1S/C26H32N6O/c1-17(31-13-12-26(27,15-31)16-33)19-9-11-22-29-30-24(32(22)14-19)21-10-8-18-6-5-7-20(23(18)28-21)25(2,3)4/h5-11,14,17,33H,12-13,15-16,27H2,1-4H3/t17-,26+/m0/s1. The smallest absolute Gasteiger partial charge is 0.187 e. The maximum atomic E-state index is 9.64. The summed E-state index contributed by atoms with van der Waals surface area (Å²) in [6.07, 6.45) is 2.90. The minimum Gasteiger partial charge on any atom is -0.394 e. The zero-order chi connectivity index (χ0) is 23.4. The van der Waals surface area contributed by atoms with Crippen molar-refractivity contribution in [1.82, 2.24) is 24.5 Å². The molecule has 0 radical (unpaired) electrons. The van der Waals surface area contributed by atoms with Crippen LogP contribution in [0.5, 0.6) is 0 Å². The normalized spacial score (nSPS) is 20.7. The van der Waals surface area contributed by atoms with Crippen LogP contribution < -0.4 is 5.73 Å². The highest BCUT2D eigenvalue weighted by molar-refractivity contribution is 5.84. The van der Waals surface area contributed by atoms with E-state index >= 15 is 0 Å². The third-order valence-electron chi connectivity index (χ3n) is 6.94. The van der Waals surface area contributed by atoms with E-state index in [0.29, 0.717) is 6.54 Å². The molecule has 1 aliphatic rings. The van der Waals surface area contributed by atoms with Gasteiger partial charge in [-0.1, -0.05) is 51.1 Å². The summed E-state index contributed by atoms with van der Waals surface area (Å²) in [7, 11) is 0. The Morgan fingerprint density at radius 3 is 2.67 bits per heavy atom. The molecule has 1 saturated heterocycles. The summed E-state index contributed by atoms with van der Waals surface area (Å²) in [6.45, 7) is 10.4. The molecule has 3 N–H and O–H groups in total. The predicted molar refractivity (Wildman–Crippen MR) is 131 cm³/mol. The van der Waals surface area contributed by atoms with Gasteiger partial charge in [-0.25, -0.2) is 4.98 Å². The summed E-state index contributed by atoms with van der Waals surface area (Å²) in [4.78, 5) is 7.36. The average Bonchev–Trinajstić information content (AvgIpc) is 3.41. The molecule has 4 aromatic rings. The lowest BCUT2D eigenvalue weighted by molar-refractivity contribution is 0.180. The van der Waals surface area contributed by atoms with E-state index in [-0.39, 0.29) is 18.1 Å². The van der Waals surface area contributed by atoms with E-state index in [0.717, 1.165) is 46.6 Å². The van der Waals surface area contributed by atoms with Gasteiger partial charge < -0.3 is 10.8 Å². The number of likely N-dealkylation sites (tertiary alicyclic amines) is 1. The van der Waals surface area contributed by atoms with Gasteiger partial charge >= 0.3 is 0 Å². The number of nitrogens with zero attached hydrogens (tertiary/aromatic N) is 5. The molecule has 0 amide bonds. The number of aliphatic hydroxyl groups excluding tert-OH is 1. The number of benzene rings is 1. The van der Waals surface area contributed by atoms with Crippen LogP contribution >= 0.6 is 0 Å².